The number of aromatic nitrogens is 3. The van der Waals surface area contributed by atoms with E-state index in [4.69, 9.17) is 16.0 Å². The van der Waals surface area contributed by atoms with Crippen molar-refractivity contribution >= 4 is 17.5 Å². The monoisotopic (exact) mass is 332 g/mol. The Hall–Kier alpha value is -2.80. The number of benzene rings is 1. The highest BCUT2D eigenvalue weighted by molar-refractivity contribution is 6.33. The number of carbonyl (C=O) groups is 1. The van der Waals surface area contributed by atoms with Gasteiger partial charge in [0.05, 0.1) is 22.7 Å². The van der Waals surface area contributed by atoms with Crippen molar-refractivity contribution in [2.24, 2.45) is 0 Å². The molecule has 0 radical (unpaired) electrons. The van der Waals surface area contributed by atoms with E-state index in [-0.39, 0.29) is 28.9 Å². The summed E-state index contributed by atoms with van der Waals surface area (Å²) >= 11 is 5.83. The highest BCUT2D eigenvalue weighted by Gasteiger charge is 2.16. The first kappa shape index (κ1) is 15.1. The molecular weight excluding hydrogens is 323 g/mol. The number of rotatable bonds is 4. The van der Waals surface area contributed by atoms with E-state index in [9.17, 15) is 9.18 Å². The molecule has 3 rings (SSSR count). The lowest BCUT2D eigenvalue weighted by molar-refractivity contribution is 0.0943. The highest BCUT2D eigenvalue weighted by Crippen LogP contribution is 2.19. The van der Waals surface area contributed by atoms with E-state index < -0.39 is 11.7 Å². The Bertz CT molecular complexity index is 818. The van der Waals surface area contributed by atoms with Gasteiger partial charge >= 0.3 is 0 Å². The fraction of sp³-hybridized carbons (Fsp3) is 0.0667. The van der Waals surface area contributed by atoms with Crippen LogP contribution in [-0.4, -0.2) is 21.1 Å². The van der Waals surface area contributed by atoms with E-state index in [1.807, 2.05) is 0 Å². The quantitative estimate of drug-likeness (QED) is 0.794. The van der Waals surface area contributed by atoms with Gasteiger partial charge in [-0.2, -0.15) is 0 Å². The number of pyridine rings is 1. The van der Waals surface area contributed by atoms with Crippen molar-refractivity contribution in [2.75, 3.05) is 0 Å². The van der Waals surface area contributed by atoms with Crippen LogP contribution in [0.5, 0.6) is 0 Å². The van der Waals surface area contributed by atoms with E-state index in [2.05, 4.69) is 20.5 Å². The van der Waals surface area contributed by atoms with E-state index in [1.54, 1.807) is 24.5 Å². The van der Waals surface area contributed by atoms with Crippen LogP contribution in [0, 0.1) is 5.82 Å². The van der Waals surface area contributed by atoms with Crippen LogP contribution in [0.4, 0.5) is 4.39 Å². The molecule has 0 saturated carbocycles. The summed E-state index contributed by atoms with van der Waals surface area (Å²) in [7, 11) is 0. The van der Waals surface area contributed by atoms with Gasteiger partial charge in [-0.05, 0) is 24.3 Å². The molecule has 0 spiro atoms. The van der Waals surface area contributed by atoms with Crippen LogP contribution in [-0.2, 0) is 6.54 Å². The molecule has 1 aromatic carbocycles. The third-order valence-electron chi connectivity index (χ3n) is 2.97. The molecule has 0 aliphatic rings. The minimum atomic E-state index is -0.698. The SMILES string of the molecule is O=C(NCc1nnc(-c2cccnc2)o1)c1c(F)cccc1Cl. The molecule has 23 heavy (non-hydrogen) atoms. The maximum atomic E-state index is 13.6. The van der Waals surface area contributed by atoms with Crippen molar-refractivity contribution < 1.29 is 13.6 Å². The maximum Gasteiger partial charge on any atom is 0.256 e. The summed E-state index contributed by atoms with van der Waals surface area (Å²) in [4.78, 5) is 16.0. The molecule has 0 saturated heterocycles. The molecule has 1 N–H and O–H groups in total. The minimum Gasteiger partial charge on any atom is -0.419 e. The molecule has 0 bridgehead atoms. The Balaban J connectivity index is 1.70. The van der Waals surface area contributed by atoms with Crippen molar-refractivity contribution in [2.45, 2.75) is 6.54 Å². The molecule has 2 heterocycles. The number of amides is 1. The summed E-state index contributed by atoms with van der Waals surface area (Å²) < 4.78 is 19.1. The maximum absolute atomic E-state index is 13.6. The summed E-state index contributed by atoms with van der Waals surface area (Å²) in [5, 5.41) is 10.2. The predicted octanol–water partition coefficient (Wildman–Crippen LogP) is 2.85. The van der Waals surface area contributed by atoms with Crippen molar-refractivity contribution in [1.29, 1.82) is 0 Å². The van der Waals surface area contributed by atoms with Gasteiger partial charge in [-0.25, -0.2) is 4.39 Å². The zero-order chi connectivity index (χ0) is 16.2. The molecule has 0 aliphatic carbocycles. The number of carbonyl (C=O) groups excluding carboxylic acids is 1. The van der Waals surface area contributed by atoms with E-state index in [1.165, 1.54) is 12.1 Å². The minimum absolute atomic E-state index is 0.0316. The molecule has 0 atom stereocenters. The van der Waals surface area contributed by atoms with Gasteiger partial charge in [0.1, 0.15) is 5.82 Å². The fourth-order valence-corrected chi connectivity index (χ4v) is 2.14. The van der Waals surface area contributed by atoms with Crippen molar-refractivity contribution in [1.82, 2.24) is 20.5 Å². The molecule has 1 amide bonds. The van der Waals surface area contributed by atoms with Crippen molar-refractivity contribution in [3.05, 3.63) is 65.0 Å². The average molecular weight is 333 g/mol. The summed E-state index contributed by atoms with van der Waals surface area (Å²) in [6.07, 6.45) is 3.20. The zero-order valence-corrected chi connectivity index (χ0v) is 12.4. The van der Waals surface area contributed by atoms with Crippen LogP contribution in [0.15, 0.2) is 47.1 Å². The molecule has 0 unspecified atom stereocenters. The Morgan fingerprint density at radius 2 is 2.13 bits per heavy atom. The molecule has 0 aliphatic heterocycles. The lowest BCUT2D eigenvalue weighted by Gasteiger charge is -2.05. The van der Waals surface area contributed by atoms with Crippen LogP contribution < -0.4 is 5.32 Å². The van der Waals surface area contributed by atoms with Crippen molar-refractivity contribution in [3.8, 4) is 11.5 Å². The summed E-state index contributed by atoms with van der Waals surface area (Å²) in [6, 6.07) is 7.52. The van der Waals surface area contributed by atoms with Gasteiger partial charge in [0.2, 0.25) is 11.8 Å². The van der Waals surface area contributed by atoms with Gasteiger partial charge in [0.25, 0.3) is 5.91 Å². The van der Waals surface area contributed by atoms with E-state index in [0.717, 1.165) is 6.07 Å². The number of hydrogen-bond acceptors (Lipinski definition) is 5. The molecule has 0 fully saturated rings. The number of halogens is 2. The van der Waals surface area contributed by atoms with Gasteiger partial charge in [0.15, 0.2) is 0 Å². The highest BCUT2D eigenvalue weighted by atomic mass is 35.5. The molecule has 2 aromatic heterocycles. The first-order valence-electron chi connectivity index (χ1n) is 6.60. The molecule has 8 heteroatoms. The summed E-state index contributed by atoms with van der Waals surface area (Å²) in [5.74, 6) is -0.887. The third kappa shape index (κ3) is 3.35. The summed E-state index contributed by atoms with van der Waals surface area (Å²) in [5.41, 5.74) is 0.441. The zero-order valence-electron chi connectivity index (χ0n) is 11.7. The second-order valence-electron chi connectivity index (χ2n) is 4.52. The lowest BCUT2D eigenvalue weighted by Crippen LogP contribution is -2.24. The van der Waals surface area contributed by atoms with Crippen LogP contribution in [0.25, 0.3) is 11.5 Å². The van der Waals surface area contributed by atoms with Gasteiger partial charge in [-0.3, -0.25) is 9.78 Å². The van der Waals surface area contributed by atoms with Crippen molar-refractivity contribution in [3.63, 3.8) is 0 Å². The van der Waals surface area contributed by atoms with Crippen LogP contribution in [0.1, 0.15) is 16.2 Å². The first-order chi connectivity index (χ1) is 11.1. The molecular formula is C15H10ClFN4O2. The fourth-order valence-electron chi connectivity index (χ4n) is 1.89. The number of hydrogen-bond donors (Lipinski definition) is 1. The summed E-state index contributed by atoms with van der Waals surface area (Å²) in [6.45, 7) is -0.0449. The van der Waals surface area contributed by atoms with Gasteiger partial charge in [-0.15, -0.1) is 10.2 Å². The lowest BCUT2D eigenvalue weighted by atomic mass is 10.2. The van der Waals surface area contributed by atoms with Crippen LogP contribution >= 0.6 is 11.6 Å². The standard InChI is InChI=1S/C15H10ClFN4O2/c16-10-4-1-5-11(17)13(10)14(22)19-8-12-20-21-15(23-12)9-3-2-6-18-7-9/h1-7H,8H2,(H,19,22). The smallest absolute Gasteiger partial charge is 0.256 e. The molecule has 6 nitrogen and oxygen atoms in total. The Kier molecular flexibility index (Phi) is 4.29. The topological polar surface area (TPSA) is 80.9 Å². The molecule has 3 aromatic rings. The Morgan fingerprint density at radius 1 is 1.26 bits per heavy atom. The van der Waals surface area contributed by atoms with Gasteiger partial charge in [0, 0.05) is 12.4 Å². The third-order valence-corrected chi connectivity index (χ3v) is 3.28. The van der Waals surface area contributed by atoms with E-state index >= 15 is 0 Å². The number of nitrogens with zero attached hydrogens (tertiary/aromatic N) is 3. The normalized spacial score (nSPS) is 10.5. The van der Waals surface area contributed by atoms with Crippen LogP contribution in [0.3, 0.4) is 0 Å². The largest absolute Gasteiger partial charge is 0.419 e. The second kappa shape index (κ2) is 6.53. The van der Waals surface area contributed by atoms with Gasteiger partial charge in [-0.1, -0.05) is 17.7 Å². The van der Waals surface area contributed by atoms with E-state index in [0.29, 0.717) is 5.56 Å². The predicted molar refractivity (Wildman–Crippen MR) is 80.1 cm³/mol. The molecule has 116 valence electrons. The Labute approximate surface area is 135 Å². The first-order valence-corrected chi connectivity index (χ1v) is 6.98. The number of nitrogens with one attached hydrogen (secondary N) is 1. The van der Waals surface area contributed by atoms with Gasteiger partial charge < -0.3 is 9.73 Å². The van der Waals surface area contributed by atoms with Crippen LogP contribution in [0.2, 0.25) is 5.02 Å². The Morgan fingerprint density at radius 3 is 2.87 bits per heavy atom. The average Bonchev–Trinajstić information content (AvgIpc) is 3.02. The second-order valence-corrected chi connectivity index (χ2v) is 4.93.